The Hall–Kier alpha value is -1.46. The molecule has 1 atom stereocenters. The summed E-state index contributed by atoms with van der Waals surface area (Å²) < 4.78 is 11.2. The minimum Gasteiger partial charge on any atom is -0.492 e. The summed E-state index contributed by atoms with van der Waals surface area (Å²) in [5.74, 6) is 1.57. The fourth-order valence-corrected chi connectivity index (χ4v) is 2.40. The molecule has 2 N–H and O–H groups in total. The Morgan fingerprint density at radius 2 is 2.36 bits per heavy atom. The molecule has 1 aromatic rings. The molecule has 1 fully saturated rings. The number of nitrogens with zero attached hydrogens (tertiary/aromatic N) is 1. The third-order valence-corrected chi connectivity index (χ3v) is 3.52. The maximum atomic E-state index is 5.92. The number of benzene rings is 1. The summed E-state index contributed by atoms with van der Waals surface area (Å²) in [5.41, 5.74) is 0. The number of aliphatic imine (C=N–C) groups is 1. The minimum absolute atomic E-state index is 0.262. The van der Waals surface area contributed by atoms with Crippen molar-refractivity contribution in [1.29, 1.82) is 0 Å². The van der Waals surface area contributed by atoms with Gasteiger partial charge in [-0.1, -0.05) is 17.7 Å². The molecule has 0 saturated carbocycles. The third-order valence-electron chi connectivity index (χ3n) is 3.28. The topological polar surface area (TPSA) is 54.9 Å². The molecule has 122 valence electrons. The molecule has 1 aliphatic heterocycles. The lowest BCUT2D eigenvalue weighted by molar-refractivity contribution is 0.117. The quantitative estimate of drug-likeness (QED) is 0.459. The smallest absolute Gasteiger partial charge is 0.191 e. The Kier molecular flexibility index (Phi) is 7.33. The van der Waals surface area contributed by atoms with Crippen LogP contribution in [-0.2, 0) is 4.74 Å². The summed E-state index contributed by atoms with van der Waals surface area (Å²) in [6.45, 7) is 5.65. The molecule has 0 amide bonds. The van der Waals surface area contributed by atoms with Crippen molar-refractivity contribution in [3.63, 3.8) is 0 Å². The second-order valence-electron chi connectivity index (χ2n) is 5.09. The van der Waals surface area contributed by atoms with E-state index in [-0.39, 0.29) is 6.10 Å². The molecular weight excluding hydrogens is 302 g/mol. The predicted octanol–water partition coefficient (Wildman–Crippen LogP) is 2.45. The SMILES string of the molecule is CCNC(=NCC1CCCO1)NCCOc1cccc(Cl)c1. The van der Waals surface area contributed by atoms with Crippen molar-refractivity contribution >= 4 is 17.6 Å². The van der Waals surface area contributed by atoms with Crippen molar-refractivity contribution in [2.75, 3.05) is 32.8 Å². The number of guanidine groups is 1. The van der Waals surface area contributed by atoms with Gasteiger partial charge in [0.1, 0.15) is 12.4 Å². The zero-order chi connectivity index (χ0) is 15.6. The number of hydrogen-bond acceptors (Lipinski definition) is 3. The molecule has 1 unspecified atom stereocenters. The van der Waals surface area contributed by atoms with Crippen LogP contribution in [0.15, 0.2) is 29.3 Å². The normalized spacial score (nSPS) is 18.3. The van der Waals surface area contributed by atoms with Gasteiger partial charge in [-0.05, 0) is 38.0 Å². The zero-order valence-corrected chi connectivity index (χ0v) is 13.7. The van der Waals surface area contributed by atoms with Gasteiger partial charge >= 0.3 is 0 Å². The molecule has 1 aliphatic rings. The van der Waals surface area contributed by atoms with Crippen molar-refractivity contribution in [2.24, 2.45) is 4.99 Å². The zero-order valence-electron chi connectivity index (χ0n) is 13.0. The predicted molar refractivity (Wildman–Crippen MR) is 89.9 cm³/mol. The number of halogens is 1. The maximum absolute atomic E-state index is 5.92. The lowest BCUT2D eigenvalue weighted by Gasteiger charge is -2.13. The van der Waals surface area contributed by atoms with Crippen molar-refractivity contribution in [3.8, 4) is 5.75 Å². The molecule has 22 heavy (non-hydrogen) atoms. The lowest BCUT2D eigenvalue weighted by Crippen LogP contribution is -2.39. The Morgan fingerprint density at radius 3 is 3.09 bits per heavy atom. The van der Waals surface area contributed by atoms with Crippen molar-refractivity contribution in [2.45, 2.75) is 25.9 Å². The first-order valence-electron chi connectivity index (χ1n) is 7.80. The number of rotatable bonds is 7. The number of nitrogens with one attached hydrogen (secondary N) is 2. The lowest BCUT2D eigenvalue weighted by atomic mass is 10.2. The molecular formula is C16H24ClN3O2. The molecule has 1 aromatic carbocycles. The average Bonchev–Trinajstić information content (AvgIpc) is 3.02. The first kappa shape index (κ1) is 16.9. The van der Waals surface area contributed by atoms with E-state index in [0.29, 0.717) is 24.7 Å². The van der Waals surface area contributed by atoms with Crippen LogP contribution in [0.4, 0.5) is 0 Å². The van der Waals surface area contributed by atoms with E-state index in [2.05, 4.69) is 15.6 Å². The first-order valence-corrected chi connectivity index (χ1v) is 8.18. The molecule has 2 rings (SSSR count). The fourth-order valence-electron chi connectivity index (χ4n) is 2.22. The molecule has 0 bridgehead atoms. The molecule has 0 aromatic heterocycles. The highest BCUT2D eigenvalue weighted by Crippen LogP contribution is 2.16. The van der Waals surface area contributed by atoms with Gasteiger partial charge in [0.15, 0.2) is 5.96 Å². The Balaban J connectivity index is 1.70. The van der Waals surface area contributed by atoms with Crippen molar-refractivity contribution in [1.82, 2.24) is 10.6 Å². The van der Waals surface area contributed by atoms with E-state index >= 15 is 0 Å². The van der Waals surface area contributed by atoms with Gasteiger partial charge in [-0.2, -0.15) is 0 Å². The van der Waals surface area contributed by atoms with Gasteiger partial charge in [-0.15, -0.1) is 0 Å². The minimum atomic E-state index is 0.262. The molecule has 0 radical (unpaired) electrons. The van der Waals surface area contributed by atoms with Crippen LogP contribution in [-0.4, -0.2) is 44.9 Å². The van der Waals surface area contributed by atoms with Crippen LogP contribution in [0.25, 0.3) is 0 Å². The van der Waals surface area contributed by atoms with Gasteiger partial charge in [0.2, 0.25) is 0 Å². The Bertz CT molecular complexity index is 476. The molecule has 5 nitrogen and oxygen atoms in total. The van der Waals surface area contributed by atoms with Gasteiger partial charge in [-0.25, -0.2) is 0 Å². The van der Waals surface area contributed by atoms with Crippen LogP contribution >= 0.6 is 11.6 Å². The average molecular weight is 326 g/mol. The summed E-state index contributed by atoms with van der Waals surface area (Å²) in [6.07, 6.45) is 2.50. The molecule has 6 heteroatoms. The first-order chi connectivity index (χ1) is 10.8. The van der Waals surface area contributed by atoms with Crippen molar-refractivity contribution in [3.05, 3.63) is 29.3 Å². The van der Waals surface area contributed by atoms with Crippen LogP contribution < -0.4 is 15.4 Å². The van der Waals surface area contributed by atoms with Crippen LogP contribution in [0, 0.1) is 0 Å². The highest BCUT2D eigenvalue weighted by molar-refractivity contribution is 6.30. The largest absolute Gasteiger partial charge is 0.492 e. The van der Waals surface area contributed by atoms with Crippen molar-refractivity contribution < 1.29 is 9.47 Å². The van der Waals surface area contributed by atoms with Crippen LogP contribution in [0.1, 0.15) is 19.8 Å². The van der Waals surface area contributed by atoms with E-state index < -0.39 is 0 Å². The van der Waals surface area contributed by atoms with Gasteiger partial charge in [0.25, 0.3) is 0 Å². The summed E-state index contributed by atoms with van der Waals surface area (Å²) >= 11 is 5.92. The van der Waals surface area contributed by atoms with E-state index in [1.54, 1.807) is 6.07 Å². The molecule has 0 aliphatic carbocycles. The van der Waals surface area contributed by atoms with E-state index in [9.17, 15) is 0 Å². The van der Waals surface area contributed by atoms with Crippen LogP contribution in [0.5, 0.6) is 5.75 Å². The van der Waals surface area contributed by atoms with E-state index in [0.717, 1.165) is 37.7 Å². The highest BCUT2D eigenvalue weighted by atomic mass is 35.5. The summed E-state index contributed by atoms with van der Waals surface area (Å²) in [4.78, 5) is 4.55. The maximum Gasteiger partial charge on any atom is 0.191 e. The summed E-state index contributed by atoms with van der Waals surface area (Å²) in [5, 5.41) is 7.15. The Morgan fingerprint density at radius 1 is 1.45 bits per heavy atom. The molecule has 1 saturated heterocycles. The van der Waals surface area contributed by atoms with Gasteiger partial charge in [-0.3, -0.25) is 4.99 Å². The molecule has 1 heterocycles. The fraction of sp³-hybridized carbons (Fsp3) is 0.562. The highest BCUT2D eigenvalue weighted by Gasteiger charge is 2.14. The van der Waals surface area contributed by atoms with E-state index in [4.69, 9.17) is 21.1 Å². The van der Waals surface area contributed by atoms with E-state index in [1.807, 2.05) is 25.1 Å². The van der Waals surface area contributed by atoms with Gasteiger partial charge < -0.3 is 20.1 Å². The van der Waals surface area contributed by atoms with Gasteiger partial charge in [0, 0.05) is 18.2 Å². The number of hydrogen-bond donors (Lipinski definition) is 2. The monoisotopic (exact) mass is 325 g/mol. The van der Waals surface area contributed by atoms with Crippen LogP contribution in [0.3, 0.4) is 0 Å². The van der Waals surface area contributed by atoms with Gasteiger partial charge in [0.05, 0.1) is 19.2 Å². The number of ether oxygens (including phenoxy) is 2. The third kappa shape index (κ3) is 6.12. The standard InChI is InChI=1S/C16H24ClN3O2/c1-2-18-16(20-12-15-7-4-9-21-15)19-8-10-22-14-6-3-5-13(17)11-14/h3,5-6,11,15H,2,4,7-10,12H2,1H3,(H2,18,19,20). The Labute approximate surface area is 137 Å². The summed E-state index contributed by atoms with van der Waals surface area (Å²) in [7, 11) is 0. The summed E-state index contributed by atoms with van der Waals surface area (Å²) in [6, 6.07) is 7.40. The second-order valence-corrected chi connectivity index (χ2v) is 5.52. The van der Waals surface area contributed by atoms with Crippen LogP contribution in [0.2, 0.25) is 5.02 Å². The van der Waals surface area contributed by atoms with E-state index in [1.165, 1.54) is 0 Å². The molecule has 0 spiro atoms. The second kappa shape index (κ2) is 9.54.